The number of nitrogens with one attached hydrogen (secondary N) is 4. The first kappa shape index (κ1) is 40.6. The van der Waals surface area contributed by atoms with Gasteiger partial charge in [-0.05, 0) is 76.2 Å². The van der Waals surface area contributed by atoms with Crippen LogP contribution in [-0.2, 0) is 13.9 Å². The maximum absolute atomic E-state index is 14.0. The number of hydrogen-bond donors (Lipinski definition) is 4. The van der Waals surface area contributed by atoms with Gasteiger partial charge in [-0.1, -0.05) is 90.1 Å². The van der Waals surface area contributed by atoms with Gasteiger partial charge in [-0.3, -0.25) is 4.79 Å². The summed E-state index contributed by atoms with van der Waals surface area (Å²) in [5.41, 5.74) is 2.44. The number of para-hydroxylation sites is 1. The van der Waals surface area contributed by atoms with Crippen LogP contribution >= 0.6 is 0 Å². The predicted molar refractivity (Wildman–Crippen MR) is 204 cm³/mol. The predicted octanol–water partition coefficient (Wildman–Crippen LogP) is 8.93. The highest BCUT2D eigenvalue weighted by Gasteiger charge is 2.47. The molecule has 1 heterocycles. The van der Waals surface area contributed by atoms with Crippen LogP contribution in [0.15, 0.2) is 54.6 Å². The van der Waals surface area contributed by atoms with Crippen LogP contribution in [0, 0.1) is 0 Å². The Balaban J connectivity index is 1.97. The molecule has 1 unspecified atom stereocenters. The SMILES string of the molecule is CC(C)[Si](OC(CNC(=O)OC(C)(C)C)C[C@@H](CNC(=O)c1[nH]c2ccccc2c1-c1ccccc1)NC(=O)OC(C)(C)C)(C(C)C)C(C)C. The Bertz CT molecular complexity index is 1550. The number of fused-ring (bicyclic) bond motifs is 1. The van der Waals surface area contributed by atoms with Gasteiger partial charge >= 0.3 is 12.2 Å². The molecule has 0 radical (unpaired) electrons. The Kier molecular flexibility index (Phi) is 13.7. The fourth-order valence-electron chi connectivity index (χ4n) is 6.89. The molecular weight excluding hydrogens is 649 g/mol. The second kappa shape index (κ2) is 16.9. The highest BCUT2D eigenvalue weighted by Crippen LogP contribution is 2.43. The smallest absolute Gasteiger partial charge is 0.407 e. The van der Waals surface area contributed by atoms with E-state index in [9.17, 15) is 14.4 Å². The number of aromatic amines is 1. The number of carbonyl (C=O) groups is 3. The number of amides is 3. The molecule has 3 amide bonds. The standard InChI is InChI=1S/C39H60N4O6Si/c1-25(2)50(26(3)4,27(5)6)49-30(24-41-36(45)47-38(7,8)9)22-29(42-37(46)48-39(10,11)12)23-40-35(44)34-33(28-18-14-13-15-19-28)31-20-16-17-21-32(31)43-34/h13-21,25-27,29-30,43H,22-24H2,1-12H3,(H,40,44)(H,41,45)(H,42,46)/t29-,30?/m0/s1. The quantitative estimate of drug-likeness (QED) is 0.124. The van der Waals surface area contributed by atoms with Crippen LogP contribution in [0.25, 0.3) is 22.0 Å². The molecule has 0 spiro atoms. The van der Waals surface area contributed by atoms with E-state index in [0.29, 0.717) is 12.1 Å². The number of benzene rings is 2. The van der Waals surface area contributed by atoms with Gasteiger partial charge in [0.1, 0.15) is 16.9 Å². The fourth-order valence-corrected chi connectivity index (χ4v) is 12.5. The first-order valence-electron chi connectivity index (χ1n) is 17.8. The molecule has 1 aromatic heterocycles. The van der Waals surface area contributed by atoms with E-state index in [0.717, 1.165) is 22.0 Å². The highest BCUT2D eigenvalue weighted by atomic mass is 28.4. The number of ether oxygens (including phenoxy) is 2. The first-order chi connectivity index (χ1) is 23.2. The lowest BCUT2D eigenvalue weighted by molar-refractivity contribution is 0.0442. The Morgan fingerprint density at radius 3 is 1.82 bits per heavy atom. The Morgan fingerprint density at radius 2 is 1.26 bits per heavy atom. The van der Waals surface area contributed by atoms with Gasteiger partial charge in [0, 0.05) is 29.6 Å². The van der Waals surface area contributed by atoms with Gasteiger partial charge in [0.05, 0.1) is 12.1 Å². The monoisotopic (exact) mass is 708 g/mol. The summed E-state index contributed by atoms with van der Waals surface area (Å²) in [6.45, 7) is 24.3. The lowest BCUT2D eigenvalue weighted by Gasteiger charge is -2.45. The average molecular weight is 709 g/mol. The van der Waals surface area contributed by atoms with E-state index in [1.807, 2.05) is 75.4 Å². The minimum atomic E-state index is -2.44. The molecule has 276 valence electrons. The molecule has 0 bridgehead atoms. The lowest BCUT2D eigenvalue weighted by Crippen LogP contribution is -2.55. The van der Waals surface area contributed by atoms with Crippen molar-refractivity contribution in [1.29, 1.82) is 0 Å². The van der Waals surface area contributed by atoms with Crippen molar-refractivity contribution in [1.82, 2.24) is 20.9 Å². The van der Waals surface area contributed by atoms with E-state index >= 15 is 0 Å². The van der Waals surface area contributed by atoms with Crippen molar-refractivity contribution in [2.45, 2.75) is 129 Å². The van der Waals surface area contributed by atoms with Gasteiger partial charge in [-0.2, -0.15) is 0 Å². The van der Waals surface area contributed by atoms with Crippen LogP contribution in [0.4, 0.5) is 9.59 Å². The second-order valence-electron chi connectivity index (χ2n) is 16.0. The van der Waals surface area contributed by atoms with Crippen LogP contribution in [0.2, 0.25) is 16.6 Å². The largest absolute Gasteiger partial charge is 0.444 e. The lowest BCUT2D eigenvalue weighted by atomic mass is 10.0. The van der Waals surface area contributed by atoms with Crippen molar-refractivity contribution >= 4 is 37.3 Å². The van der Waals surface area contributed by atoms with Crippen LogP contribution in [0.3, 0.4) is 0 Å². The van der Waals surface area contributed by atoms with Crippen molar-refractivity contribution in [2.75, 3.05) is 13.1 Å². The van der Waals surface area contributed by atoms with Gasteiger partial charge in [-0.25, -0.2) is 9.59 Å². The summed E-state index contributed by atoms with van der Waals surface area (Å²) in [5.74, 6) is -0.310. The topological polar surface area (TPSA) is 131 Å². The van der Waals surface area contributed by atoms with Crippen LogP contribution < -0.4 is 16.0 Å². The van der Waals surface area contributed by atoms with Crippen molar-refractivity contribution in [3.05, 3.63) is 60.3 Å². The van der Waals surface area contributed by atoms with Gasteiger partial charge in [0.2, 0.25) is 8.32 Å². The minimum absolute atomic E-state index is 0.0908. The molecule has 0 aliphatic carbocycles. The number of alkyl carbamates (subject to hydrolysis) is 2. The first-order valence-corrected chi connectivity index (χ1v) is 20.0. The van der Waals surface area contributed by atoms with Crippen molar-refractivity contribution < 1.29 is 28.3 Å². The van der Waals surface area contributed by atoms with Gasteiger partial charge in [0.15, 0.2) is 0 Å². The molecule has 0 saturated heterocycles. The molecule has 0 aliphatic heterocycles. The Labute approximate surface area is 299 Å². The van der Waals surface area contributed by atoms with Crippen molar-refractivity contribution in [3.8, 4) is 11.1 Å². The summed E-state index contributed by atoms with van der Waals surface area (Å²) >= 11 is 0. The molecule has 3 aromatic rings. The highest BCUT2D eigenvalue weighted by molar-refractivity contribution is 6.77. The molecule has 3 rings (SSSR count). The number of rotatable bonds is 14. The zero-order valence-corrected chi connectivity index (χ0v) is 33.2. The maximum atomic E-state index is 14.0. The summed E-state index contributed by atoms with van der Waals surface area (Å²) in [7, 11) is -2.44. The molecule has 10 nitrogen and oxygen atoms in total. The maximum Gasteiger partial charge on any atom is 0.407 e. The summed E-state index contributed by atoms with van der Waals surface area (Å²) < 4.78 is 18.4. The number of carbonyl (C=O) groups excluding carboxylic acids is 3. The summed E-state index contributed by atoms with van der Waals surface area (Å²) in [6, 6.07) is 17.0. The molecule has 11 heteroatoms. The van der Waals surface area contributed by atoms with E-state index in [4.69, 9.17) is 13.9 Å². The van der Waals surface area contributed by atoms with E-state index in [-0.39, 0.29) is 35.6 Å². The normalized spacial score (nSPS) is 13.7. The second-order valence-corrected chi connectivity index (χ2v) is 21.4. The summed E-state index contributed by atoms with van der Waals surface area (Å²) in [4.78, 5) is 43.3. The third kappa shape index (κ3) is 11.1. The van der Waals surface area contributed by atoms with Gasteiger partial charge in [-0.15, -0.1) is 0 Å². The molecule has 2 atom stereocenters. The molecule has 0 fully saturated rings. The third-order valence-corrected chi connectivity index (χ3v) is 14.9. The summed E-state index contributed by atoms with van der Waals surface area (Å²) in [5, 5.41) is 9.91. The van der Waals surface area contributed by atoms with E-state index in [1.165, 1.54) is 0 Å². The van der Waals surface area contributed by atoms with Crippen LogP contribution in [0.5, 0.6) is 0 Å². The zero-order chi connectivity index (χ0) is 37.4. The van der Waals surface area contributed by atoms with E-state index < -0.39 is 43.9 Å². The zero-order valence-electron chi connectivity index (χ0n) is 32.2. The van der Waals surface area contributed by atoms with Crippen molar-refractivity contribution in [3.63, 3.8) is 0 Å². The van der Waals surface area contributed by atoms with E-state index in [1.54, 1.807) is 20.8 Å². The Morgan fingerprint density at radius 1 is 0.720 bits per heavy atom. The number of aromatic nitrogens is 1. The molecule has 50 heavy (non-hydrogen) atoms. The number of hydrogen-bond acceptors (Lipinski definition) is 6. The molecular formula is C39H60N4O6Si. The average Bonchev–Trinajstić information content (AvgIpc) is 3.39. The fraction of sp³-hybridized carbons (Fsp3) is 0.564. The van der Waals surface area contributed by atoms with Crippen LogP contribution in [-0.4, -0.2) is 67.8 Å². The summed E-state index contributed by atoms with van der Waals surface area (Å²) in [6.07, 6.45) is -1.35. The molecule has 0 aliphatic rings. The van der Waals surface area contributed by atoms with Gasteiger partial charge in [0.25, 0.3) is 5.91 Å². The Hall–Kier alpha value is -3.83. The molecule has 0 saturated carbocycles. The van der Waals surface area contributed by atoms with Crippen LogP contribution in [0.1, 0.15) is 100.0 Å². The minimum Gasteiger partial charge on any atom is -0.444 e. The number of H-pyrrole nitrogens is 1. The molecule has 4 N–H and O–H groups in total. The van der Waals surface area contributed by atoms with E-state index in [2.05, 4.69) is 62.5 Å². The third-order valence-electron chi connectivity index (χ3n) is 8.72. The molecule has 2 aromatic carbocycles. The van der Waals surface area contributed by atoms with Gasteiger partial charge < -0.3 is 34.8 Å². The van der Waals surface area contributed by atoms with Crippen molar-refractivity contribution in [2.24, 2.45) is 0 Å².